The molecule has 1 unspecified atom stereocenters. The summed E-state index contributed by atoms with van der Waals surface area (Å²) in [4.78, 5) is 26.8. The SMILES string of the molecule is CCOC(CO)C(=O)N(C)CC(=O)N1CCCC1. The van der Waals surface area contributed by atoms with Gasteiger partial charge in [-0.3, -0.25) is 9.59 Å². The first-order valence-corrected chi connectivity index (χ1v) is 6.35. The smallest absolute Gasteiger partial charge is 0.254 e. The van der Waals surface area contributed by atoms with Crippen LogP contribution in [-0.2, 0) is 14.3 Å². The molecular weight excluding hydrogens is 236 g/mol. The molecule has 0 aromatic rings. The van der Waals surface area contributed by atoms with Crippen LogP contribution >= 0.6 is 0 Å². The minimum atomic E-state index is -0.869. The van der Waals surface area contributed by atoms with E-state index >= 15 is 0 Å². The summed E-state index contributed by atoms with van der Waals surface area (Å²) in [6.07, 6.45) is 1.19. The number of carbonyl (C=O) groups is 2. The van der Waals surface area contributed by atoms with E-state index in [1.54, 1.807) is 18.9 Å². The molecule has 0 saturated carbocycles. The number of ether oxygens (including phenoxy) is 1. The highest BCUT2D eigenvalue weighted by molar-refractivity contribution is 5.87. The van der Waals surface area contributed by atoms with Crippen LogP contribution in [0, 0.1) is 0 Å². The van der Waals surface area contributed by atoms with E-state index in [1.165, 1.54) is 4.90 Å². The lowest BCUT2D eigenvalue weighted by Crippen LogP contribution is -2.45. The topological polar surface area (TPSA) is 70.1 Å². The second kappa shape index (κ2) is 7.33. The van der Waals surface area contributed by atoms with Crippen LogP contribution in [0.1, 0.15) is 19.8 Å². The average Bonchev–Trinajstić information content (AvgIpc) is 2.88. The fourth-order valence-corrected chi connectivity index (χ4v) is 2.00. The number of aliphatic hydroxyl groups excluding tert-OH is 1. The molecule has 2 amide bonds. The van der Waals surface area contributed by atoms with Crippen LogP contribution in [0.25, 0.3) is 0 Å². The molecule has 1 atom stereocenters. The standard InChI is InChI=1S/C12H22N2O4/c1-3-18-10(9-15)12(17)13(2)8-11(16)14-6-4-5-7-14/h10,15H,3-9H2,1-2H3. The Labute approximate surface area is 107 Å². The Kier molecular flexibility index (Phi) is 6.07. The predicted octanol–water partition coefficient (Wildman–Crippen LogP) is -0.535. The lowest BCUT2D eigenvalue weighted by molar-refractivity contribution is -0.148. The van der Waals surface area contributed by atoms with Crippen molar-refractivity contribution >= 4 is 11.8 Å². The number of nitrogens with zero attached hydrogens (tertiary/aromatic N) is 2. The summed E-state index contributed by atoms with van der Waals surface area (Å²) in [5, 5.41) is 9.05. The molecule has 0 aromatic heterocycles. The molecule has 0 aliphatic carbocycles. The number of carbonyl (C=O) groups excluding carboxylic acids is 2. The van der Waals surface area contributed by atoms with Gasteiger partial charge in [0.1, 0.15) is 0 Å². The van der Waals surface area contributed by atoms with E-state index in [0.717, 1.165) is 25.9 Å². The van der Waals surface area contributed by atoms with Crippen LogP contribution in [0.15, 0.2) is 0 Å². The highest BCUT2D eigenvalue weighted by Gasteiger charge is 2.25. The molecule has 0 radical (unpaired) electrons. The molecule has 18 heavy (non-hydrogen) atoms. The quantitative estimate of drug-likeness (QED) is 0.695. The Morgan fingerprint density at radius 2 is 2.00 bits per heavy atom. The molecule has 1 rings (SSSR count). The highest BCUT2D eigenvalue weighted by atomic mass is 16.5. The van der Waals surface area contributed by atoms with Crippen molar-refractivity contribution in [2.45, 2.75) is 25.9 Å². The molecular formula is C12H22N2O4. The maximum Gasteiger partial charge on any atom is 0.254 e. The van der Waals surface area contributed by atoms with E-state index < -0.39 is 6.10 Å². The minimum Gasteiger partial charge on any atom is -0.393 e. The van der Waals surface area contributed by atoms with Gasteiger partial charge in [0.15, 0.2) is 6.10 Å². The number of rotatable bonds is 6. The average molecular weight is 258 g/mol. The molecule has 1 fully saturated rings. The molecule has 1 N–H and O–H groups in total. The Bertz CT molecular complexity index is 290. The van der Waals surface area contributed by atoms with Gasteiger partial charge < -0.3 is 19.6 Å². The van der Waals surface area contributed by atoms with E-state index in [0.29, 0.717) is 6.61 Å². The third-order valence-corrected chi connectivity index (χ3v) is 3.02. The zero-order valence-electron chi connectivity index (χ0n) is 11.1. The fourth-order valence-electron chi connectivity index (χ4n) is 2.00. The van der Waals surface area contributed by atoms with E-state index in [2.05, 4.69) is 0 Å². The van der Waals surface area contributed by atoms with Crippen LogP contribution in [0.4, 0.5) is 0 Å². The predicted molar refractivity (Wildman–Crippen MR) is 66.0 cm³/mol. The lowest BCUT2D eigenvalue weighted by Gasteiger charge is -2.24. The summed E-state index contributed by atoms with van der Waals surface area (Å²) in [5.41, 5.74) is 0. The van der Waals surface area contributed by atoms with Crippen molar-refractivity contribution in [2.24, 2.45) is 0 Å². The summed E-state index contributed by atoms with van der Waals surface area (Å²) < 4.78 is 5.12. The second-order valence-electron chi connectivity index (χ2n) is 4.41. The third kappa shape index (κ3) is 3.96. The van der Waals surface area contributed by atoms with Gasteiger partial charge in [-0.05, 0) is 19.8 Å². The summed E-state index contributed by atoms with van der Waals surface area (Å²) >= 11 is 0. The van der Waals surface area contributed by atoms with E-state index in [4.69, 9.17) is 9.84 Å². The number of likely N-dealkylation sites (N-methyl/N-ethyl adjacent to an activating group) is 1. The van der Waals surface area contributed by atoms with Crippen molar-refractivity contribution in [1.82, 2.24) is 9.80 Å². The molecule has 1 saturated heterocycles. The van der Waals surface area contributed by atoms with Crippen LogP contribution in [0.2, 0.25) is 0 Å². The van der Waals surface area contributed by atoms with Gasteiger partial charge in [-0.15, -0.1) is 0 Å². The highest BCUT2D eigenvalue weighted by Crippen LogP contribution is 2.08. The summed E-state index contributed by atoms with van der Waals surface area (Å²) in [6.45, 7) is 3.33. The van der Waals surface area contributed by atoms with Crippen molar-refractivity contribution in [3.63, 3.8) is 0 Å². The number of aliphatic hydroxyl groups is 1. The van der Waals surface area contributed by atoms with Crippen molar-refractivity contribution < 1.29 is 19.4 Å². The van der Waals surface area contributed by atoms with Crippen LogP contribution < -0.4 is 0 Å². The Morgan fingerprint density at radius 1 is 1.39 bits per heavy atom. The van der Waals surface area contributed by atoms with Gasteiger partial charge in [-0.2, -0.15) is 0 Å². The second-order valence-corrected chi connectivity index (χ2v) is 4.41. The molecule has 1 aliphatic heterocycles. The van der Waals surface area contributed by atoms with Crippen molar-refractivity contribution in [3.05, 3.63) is 0 Å². The van der Waals surface area contributed by atoms with Gasteiger partial charge in [0, 0.05) is 26.7 Å². The molecule has 104 valence electrons. The molecule has 6 nitrogen and oxygen atoms in total. The Morgan fingerprint density at radius 3 is 2.50 bits per heavy atom. The molecule has 1 aliphatic rings. The van der Waals surface area contributed by atoms with Crippen molar-refractivity contribution in [2.75, 3.05) is 39.9 Å². The first-order chi connectivity index (χ1) is 8.60. The number of amides is 2. The molecule has 0 bridgehead atoms. The molecule has 0 aromatic carbocycles. The van der Waals surface area contributed by atoms with Crippen molar-refractivity contribution in [1.29, 1.82) is 0 Å². The Balaban J connectivity index is 2.45. The lowest BCUT2D eigenvalue weighted by atomic mass is 10.3. The van der Waals surface area contributed by atoms with Crippen LogP contribution in [-0.4, -0.2) is 72.7 Å². The summed E-state index contributed by atoms with van der Waals surface area (Å²) in [5.74, 6) is -0.400. The maximum absolute atomic E-state index is 11.9. The minimum absolute atomic E-state index is 0.0441. The normalized spacial score (nSPS) is 16.7. The van der Waals surface area contributed by atoms with Gasteiger partial charge in [0.25, 0.3) is 5.91 Å². The molecule has 6 heteroatoms. The van der Waals surface area contributed by atoms with Crippen LogP contribution in [0.5, 0.6) is 0 Å². The number of hydrogen-bond donors (Lipinski definition) is 1. The van der Waals surface area contributed by atoms with E-state index in [9.17, 15) is 9.59 Å². The maximum atomic E-state index is 11.9. The zero-order valence-corrected chi connectivity index (χ0v) is 11.1. The van der Waals surface area contributed by atoms with Gasteiger partial charge in [0.2, 0.25) is 5.91 Å². The fraction of sp³-hybridized carbons (Fsp3) is 0.833. The van der Waals surface area contributed by atoms with Gasteiger partial charge in [-0.1, -0.05) is 0 Å². The van der Waals surface area contributed by atoms with Gasteiger partial charge in [0.05, 0.1) is 13.2 Å². The third-order valence-electron chi connectivity index (χ3n) is 3.02. The molecule has 0 spiro atoms. The number of hydrogen-bond acceptors (Lipinski definition) is 4. The Hall–Kier alpha value is -1.14. The van der Waals surface area contributed by atoms with E-state index in [1.807, 2.05) is 0 Å². The summed E-state index contributed by atoms with van der Waals surface area (Å²) in [6, 6.07) is 0. The first kappa shape index (κ1) is 14.9. The number of likely N-dealkylation sites (tertiary alicyclic amines) is 1. The largest absolute Gasteiger partial charge is 0.393 e. The van der Waals surface area contributed by atoms with Gasteiger partial charge >= 0.3 is 0 Å². The van der Waals surface area contributed by atoms with Gasteiger partial charge in [-0.25, -0.2) is 0 Å². The zero-order chi connectivity index (χ0) is 13.5. The first-order valence-electron chi connectivity index (χ1n) is 6.35. The van der Waals surface area contributed by atoms with Crippen molar-refractivity contribution in [3.8, 4) is 0 Å². The summed E-state index contributed by atoms with van der Waals surface area (Å²) in [7, 11) is 1.55. The molecule has 1 heterocycles. The van der Waals surface area contributed by atoms with E-state index in [-0.39, 0.29) is 25.0 Å². The van der Waals surface area contributed by atoms with Crippen LogP contribution in [0.3, 0.4) is 0 Å². The monoisotopic (exact) mass is 258 g/mol.